The standard InChI is InChI=1S/C8H11BrO2/c1-3-5-7(6-9)8(10)11-4-2/h3,6H,1,4-5H2,2H3/b7-6-. The van der Waals surface area contributed by atoms with Gasteiger partial charge in [-0.3, -0.25) is 0 Å². The first-order valence-electron chi connectivity index (χ1n) is 3.33. The third-order valence-corrected chi connectivity index (χ3v) is 1.59. The highest BCUT2D eigenvalue weighted by molar-refractivity contribution is 9.11. The van der Waals surface area contributed by atoms with Gasteiger partial charge in [0, 0.05) is 5.57 Å². The van der Waals surface area contributed by atoms with Crippen molar-refractivity contribution in [1.82, 2.24) is 0 Å². The Balaban J connectivity index is 4.04. The van der Waals surface area contributed by atoms with Crippen LogP contribution in [0.3, 0.4) is 0 Å². The number of ether oxygens (including phenoxy) is 1. The maximum absolute atomic E-state index is 11.0. The Hall–Kier alpha value is -0.570. The van der Waals surface area contributed by atoms with Gasteiger partial charge in [-0.15, -0.1) is 6.58 Å². The molecule has 0 aromatic carbocycles. The van der Waals surface area contributed by atoms with Gasteiger partial charge in [-0.25, -0.2) is 4.79 Å². The molecule has 62 valence electrons. The lowest BCUT2D eigenvalue weighted by Gasteiger charge is -2.01. The van der Waals surface area contributed by atoms with Crippen LogP contribution in [0.25, 0.3) is 0 Å². The molecule has 3 heteroatoms. The Labute approximate surface area is 75.1 Å². The van der Waals surface area contributed by atoms with Crippen LogP contribution in [0.15, 0.2) is 23.2 Å². The predicted octanol–water partition coefficient (Wildman–Crippen LogP) is 2.40. The van der Waals surface area contributed by atoms with Crippen molar-refractivity contribution in [2.75, 3.05) is 6.61 Å². The molecule has 0 N–H and O–H groups in total. The van der Waals surface area contributed by atoms with Gasteiger partial charge in [-0.1, -0.05) is 22.0 Å². The topological polar surface area (TPSA) is 26.3 Å². The summed E-state index contributed by atoms with van der Waals surface area (Å²) in [6.45, 7) is 5.70. The average molecular weight is 219 g/mol. The quantitative estimate of drug-likeness (QED) is 0.412. The maximum atomic E-state index is 11.0. The van der Waals surface area contributed by atoms with Crippen LogP contribution in [0, 0.1) is 0 Å². The second-order valence-corrected chi connectivity index (χ2v) is 2.31. The van der Waals surface area contributed by atoms with Crippen molar-refractivity contribution in [2.45, 2.75) is 13.3 Å². The summed E-state index contributed by atoms with van der Waals surface area (Å²) in [5.41, 5.74) is 0.585. The van der Waals surface area contributed by atoms with Crippen molar-refractivity contribution in [1.29, 1.82) is 0 Å². The summed E-state index contributed by atoms with van der Waals surface area (Å²) in [6.07, 6.45) is 2.19. The molecule has 0 unspecified atom stereocenters. The molecule has 0 amide bonds. The van der Waals surface area contributed by atoms with Crippen LogP contribution in [0.2, 0.25) is 0 Å². The van der Waals surface area contributed by atoms with Crippen molar-refractivity contribution in [3.05, 3.63) is 23.2 Å². The van der Waals surface area contributed by atoms with Gasteiger partial charge in [-0.2, -0.15) is 0 Å². The first-order valence-corrected chi connectivity index (χ1v) is 4.25. The van der Waals surface area contributed by atoms with Crippen LogP contribution in [0.5, 0.6) is 0 Å². The first-order chi connectivity index (χ1) is 5.26. The minimum absolute atomic E-state index is 0.288. The number of hydrogen-bond donors (Lipinski definition) is 0. The zero-order chi connectivity index (χ0) is 8.69. The second kappa shape index (κ2) is 6.16. The lowest BCUT2D eigenvalue weighted by molar-refractivity contribution is -0.138. The number of esters is 1. The second-order valence-electron chi connectivity index (χ2n) is 1.85. The molecular formula is C8H11BrO2. The largest absolute Gasteiger partial charge is 0.463 e. The van der Waals surface area contributed by atoms with Crippen molar-refractivity contribution in [3.63, 3.8) is 0 Å². The molecule has 0 atom stereocenters. The number of rotatable bonds is 4. The number of halogens is 1. The molecule has 0 fully saturated rings. The van der Waals surface area contributed by atoms with Crippen LogP contribution in [0.4, 0.5) is 0 Å². The first kappa shape index (κ1) is 10.4. The van der Waals surface area contributed by atoms with Gasteiger partial charge in [0.2, 0.25) is 0 Å². The molecule has 0 aromatic heterocycles. The van der Waals surface area contributed by atoms with Gasteiger partial charge in [0.15, 0.2) is 0 Å². The fourth-order valence-corrected chi connectivity index (χ4v) is 0.926. The minimum Gasteiger partial charge on any atom is -0.463 e. The summed E-state index contributed by atoms with van der Waals surface area (Å²) in [5.74, 6) is -0.288. The van der Waals surface area contributed by atoms with E-state index in [1.165, 1.54) is 0 Å². The highest BCUT2D eigenvalue weighted by Crippen LogP contribution is 2.07. The lowest BCUT2D eigenvalue weighted by Crippen LogP contribution is -2.06. The Bertz CT molecular complexity index is 173. The minimum atomic E-state index is -0.288. The summed E-state index contributed by atoms with van der Waals surface area (Å²) in [5, 5.41) is 0. The summed E-state index contributed by atoms with van der Waals surface area (Å²) in [6, 6.07) is 0. The van der Waals surface area contributed by atoms with Crippen LogP contribution >= 0.6 is 15.9 Å². The molecule has 0 saturated carbocycles. The van der Waals surface area contributed by atoms with Crippen LogP contribution < -0.4 is 0 Å². The van der Waals surface area contributed by atoms with E-state index in [1.54, 1.807) is 18.0 Å². The normalized spacial score (nSPS) is 10.9. The van der Waals surface area contributed by atoms with E-state index in [2.05, 4.69) is 22.5 Å². The molecule has 0 spiro atoms. The highest BCUT2D eigenvalue weighted by atomic mass is 79.9. The van der Waals surface area contributed by atoms with E-state index >= 15 is 0 Å². The van der Waals surface area contributed by atoms with E-state index in [4.69, 9.17) is 4.74 Å². The SMILES string of the molecule is C=CC/C(=C/Br)C(=O)OCC. The molecule has 2 nitrogen and oxygen atoms in total. The molecule has 0 rings (SSSR count). The fourth-order valence-electron chi connectivity index (χ4n) is 0.552. The maximum Gasteiger partial charge on any atom is 0.334 e. The van der Waals surface area contributed by atoms with Gasteiger partial charge in [0.1, 0.15) is 0 Å². The predicted molar refractivity (Wildman–Crippen MR) is 48.5 cm³/mol. The van der Waals surface area contributed by atoms with Crippen molar-refractivity contribution in [2.24, 2.45) is 0 Å². The molecule has 0 aliphatic carbocycles. The van der Waals surface area contributed by atoms with Crippen LogP contribution in [0.1, 0.15) is 13.3 Å². The van der Waals surface area contributed by atoms with E-state index < -0.39 is 0 Å². The monoisotopic (exact) mass is 218 g/mol. The summed E-state index contributed by atoms with van der Waals surface area (Å²) < 4.78 is 4.76. The fraction of sp³-hybridized carbons (Fsp3) is 0.375. The van der Waals surface area contributed by atoms with E-state index in [9.17, 15) is 4.79 Å². The van der Waals surface area contributed by atoms with Gasteiger partial charge < -0.3 is 4.74 Å². The zero-order valence-corrected chi connectivity index (χ0v) is 8.06. The van der Waals surface area contributed by atoms with E-state index in [-0.39, 0.29) is 5.97 Å². The van der Waals surface area contributed by atoms with Gasteiger partial charge in [0.05, 0.1) is 6.61 Å². The third-order valence-electron chi connectivity index (χ3n) is 1.03. The van der Waals surface area contributed by atoms with E-state index in [0.717, 1.165) is 0 Å². The Morgan fingerprint density at radius 3 is 2.73 bits per heavy atom. The lowest BCUT2D eigenvalue weighted by atomic mass is 10.2. The van der Waals surface area contributed by atoms with Crippen molar-refractivity contribution >= 4 is 21.9 Å². The molecule has 0 aliphatic rings. The van der Waals surface area contributed by atoms with Crippen molar-refractivity contribution in [3.8, 4) is 0 Å². The molecule has 0 saturated heterocycles. The molecule has 0 heterocycles. The van der Waals surface area contributed by atoms with Crippen LogP contribution in [-0.4, -0.2) is 12.6 Å². The highest BCUT2D eigenvalue weighted by Gasteiger charge is 2.06. The van der Waals surface area contributed by atoms with Gasteiger partial charge in [0.25, 0.3) is 0 Å². The van der Waals surface area contributed by atoms with Gasteiger partial charge in [-0.05, 0) is 18.3 Å². The van der Waals surface area contributed by atoms with E-state index in [1.807, 2.05) is 0 Å². The van der Waals surface area contributed by atoms with Crippen LogP contribution in [-0.2, 0) is 9.53 Å². The molecule has 0 aromatic rings. The zero-order valence-electron chi connectivity index (χ0n) is 6.47. The van der Waals surface area contributed by atoms with Crippen molar-refractivity contribution < 1.29 is 9.53 Å². The Kier molecular flexibility index (Phi) is 5.84. The Morgan fingerprint density at radius 2 is 2.36 bits per heavy atom. The van der Waals surface area contributed by atoms with E-state index in [0.29, 0.717) is 18.6 Å². The number of carbonyl (C=O) groups excluding carboxylic acids is 1. The Morgan fingerprint density at radius 1 is 1.73 bits per heavy atom. The number of allylic oxidation sites excluding steroid dienone is 1. The molecule has 0 bridgehead atoms. The van der Waals surface area contributed by atoms with Gasteiger partial charge >= 0.3 is 5.97 Å². The molecular weight excluding hydrogens is 208 g/mol. The third kappa shape index (κ3) is 3.98. The molecule has 0 radical (unpaired) electrons. The summed E-state index contributed by atoms with van der Waals surface area (Å²) in [4.78, 5) is 12.6. The molecule has 11 heavy (non-hydrogen) atoms. The summed E-state index contributed by atoms with van der Waals surface area (Å²) >= 11 is 3.08. The summed E-state index contributed by atoms with van der Waals surface area (Å²) in [7, 11) is 0. The smallest absolute Gasteiger partial charge is 0.334 e. The number of carbonyl (C=O) groups is 1. The molecule has 0 aliphatic heterocycles. The average Bonchev–Trinajstić information content (AvgIpc) is 2.00. The number of hydrogen-bond acceptors (Lipinski definition) is 2.